The summed E-state index contributed by atoms with van der Waals surface area (Å²) in [5, 5.41) is 6.41. The van der Waals surface area contributed by atoms with Gasteiger partial charge in [-0.3, -0.25) is 9.48 Å². The van der Waals surface area contributed by atoms with Crippen LogP contribution in [0.3, 0.4) is 0 Å². The van der Waals surface area contributed by atoms with Crippen molar-refractivity contribution in [3.05, 3.63) is 18.0 Å². The number of aryl methyl sites for hydroxylation is 1. The minimum Gasteiger partial charge on any atom is -0.349 e. The lowest BCUT2D eigenvalue weighted by Crippen LogP contribution is -2.38. The molecule has 5 heteroatoms. The van der Waals surface area contributed by atoms with E-state index < -0.39 is 11.6 Å². The highest BCUT2D eigenvalue weighted by Gasteiger charge is 2.25. The molecule has 0 bridgehead atoms. The van der Waals surface area contributed by atoms with E-state index in [9.17, 15) is 9.18 Å². The third-order valence-corrected chi connectivity index (χ3v) is 1.75. The molecule has 0 fully saturated rings. The Morgan fingerprint density at radius 2 is 2.36 bits per heavy atom. The molecule has 0 radical (unpaired) electrons. The first kappa shape index (κ1) is 10.7. The summed E-state index contributed by atoms with van der Waals surface area (Å²) >= 11 is 0. The summed E-state index contributed by atoms with van der Waals surface area (Å²) in [7, 11) is 1.78. The van der Waals surface area contributed by atoms with Crippen molar-refractivity contribution in [3.8, 4) is 0 Å². The molecule has 0 aromatic carbocycles. The Bertz CT molecular complexity index is 327. The second-order valence-corrected chi connectivity index (χ2v) is 3.68. The minimum absolute atomic E-state index is 0.306. The first-order valence-corrected chi connectivity index (χ1v) is 4.34. The fourth-order valence-corrected chi connectivity index (χ4v) is 0.956. The highest BCUT2D eigenvalue weighted by atomic mass is 19.1. The van der Waals surface area contributed by atoms with Gasteiger partial charge in [0.2, 0.25) is 0 Å². The van der Waals surface area contributed by atoms with Crippen molar-refractivity contribution in [2.75, 3.05) is 0 Å². The van der Waals surface area contributed by atoms with E-state index in [0.29, 0.717) is 6.54 Å². The molecule has 0 unspecified atom stereocenters. The quantitative estimate of drug-likeness (QED) is 0.782. The summed E-state index contributed by atoms with van der Waals surface area (Å²) in [4.78, 5) is 11.1. The van der Waals surface area contributed by atoms with Crippen molar-refractivity contribution in [1.82, 2.24) is 15.1 Å². The van der Waals surface area contributed by atoms with Crippen LogP contribution in [0.15, 0.2) is 12.4 Å². The molecule has 1 heterocycles. The Kier molecular flexibility index (Phi) is 2.88. The van der Waals surface area contributed by atoms with Crippen molar-refractivity contribution in [1.29, 1.82) is 0 Å². The highest BCUT2D eigenvalue weighted by molar-refractivity contribution is 5.83. The van der Waals surface area contributed by atoms with E-state index in [1.807, 2.05) is 0 Å². The monoisotopic (exact) mass is 199 g/mol. The number of nitrogens with zero attached hydrogens (tertiary/aromatic N) is 2. The summed E-state index contributed by atoms with van der Waals surface area (Å²) in [5.74, 6) is -0.610. The lowest BCUT2D eigenvalue weighted by molar-refractivity contribution is -0.130. The molecule has 78 valence electrons. The molecule has 0 aliphatic carbocycles. The normalized spacial score (nSPS) is 11.4. The molecule has 0 saturated carbocycles. The zero-order valence-electron chi connectivity index (χ0n) is 8.54. The number of amides is 1. The van der Waals surface area contributed by atoms with E-state index in [4.69, 9.17) is 0 Å². The summed E-state index contributed by atoms with van der Waals surface area (Å²) in [6.45, 7) is 2.76. The van der Waals surface area contributed by atoms with Gasteiger partial charge in [-0.25, -0.2) is 4.39 Å². The molecule has 0 saturated heterocycles. The predicted molar refractivity (Wildman–Crippen MR) is 50.2 cm³/mol. The van der Waals surface area contributed by atoms with Crippen LogP contribution in [-0.4, -0.2) is 21.4 Å². The fourth-order valence-electron chi connectivity index (χ4n) is 0.956. The summed E-state index contributed by atoms with van der Waals surface area (Å²) < 4.78 is 14.7. The molecule has 1 N–H and O–H groups in total. The number of nitrogens with one attached hydrogen (secondary N) is 1. The Morgan fingerprint density at radius 1 is 1.71 bits per heavy atom. The van der Waals surface area contributed by atoms with Gasteiger partial charge in [0.15, 0.2) is 5.67 Å². The minimum atomic E-state index is -1.83. The standard InChI is InChI=1S/C9H14FN3O/c1-9(2,10)8(14)11-4-7-5-12-13(3)6-7/h5-6H,4H2,1-3H3,(H,11,14). The average Bonchev–Trinajstić information content (AvgIpc) is 2.45. The van der Waals surface area contributed by atoms with Gasteiger partial charge in [-0.05, 0) is 13.8 Å². The highest BCUT2D eigenvalue weighted by Crippen LogP contribution is 2.08. The Labute approximate surface area is 82.1 Å². The molecule has 1 aromatic rings. The molecule has 14 heavy (non-hydrogen) atoms. The summed E-state index contributed by atoms with van der Waals surface area (Å²) in [6.07, 6.45) is 3.40. The largest absolute Gasteiger partial charge is 0.349 e. The van der Waals surface area contributed by atoms with Crippen LogP contribution in [0.2, 0.25) is 0 Å². The average molecular weight is 199 g/mol. The fraction of sp³-hybridized carbons (Fsp3) is 0.556. The molecule has 4 nitrogen and oxygen atoms in total. The van der Waals surface area contributed by atoms with Gasteiger partial charge in [0.1, 0.15) is 0 Å². The van der Waals surface area contributed by atoms with Crippen LogP contribution < -0.4 is 5.32 Å². The number of alkyl halides is 1. The number of carbonyl (C=O) groups excluding carboxylic acids is 1. The van der Waals surface area contributed by atoms with Gasteiger partial charge in [-0.2, -0.15) is 5.10 Å². The van der Waals surface area contributed by atoms with Gasteiger partial charge in [0.25, 0.3) is 5.91 Å². The SMILES string of the molecule is Cn1cc(CNC(=O)C(C)(C)F)cn1. The Hall–Kier alpha value is -1.39. The predicted octanol–water partition coefficient (Wildman–Crippen LogP) is 0.784. The second kappa shape index (κ2) is 3.77. The number of halogens is 1. The molecule has 1 rings (SSSR count). The number of hydrogen-bond donors (Lipinski definition) is 1. The van der Waals surface area contributed by atoms with Crippen LogP contribution >= 0.6 is 0 Å². The molecule has 1 amide bonds. The maximum atomic E-state index is 13.1. The van der Waals surface area contributed by atoms with Gasteiger partial charge in [0, 0.05) is 25.4 Å². The maximum Gasteiger partial charge on any atom is 0.257 e. The van der Waals surface area contributed by atoms with E-state index >= 15 is 0 Å². The number of carbonyl (C=O) groups is 1. The van der Waals surface area contributed by atoms with Crippen LogP contribution in [0.5, 0.6) is 0 Å². The molecular formula is C9H14FN3O. The molecule has 0 spiro atoms. The summed E-state index contributed by atoms with van der Waals surface area (Å²) in [6, 6.07) is 0. The van der Waals surface area contributed by atoms with Crippen LogP contribution in [0.1, 0.15) is 19.4 Å². The molecule has 0 aliphatic heterocycles. The molecule has 1 aromatic heterocycles. The number of hydrogen-bond acceptors (Lipinski definition) is 2. The van der Waals surface area contributed by atoms with Crippen LogP contribution in [0, 0.1) is 0 Å². The van der Waals surface area contributed by atoms with E-state index in [1.54, 1.807) is 24.1 Å². The van der Waals surface area contributed by atoms with Crippen LogP contribution in [0.25, 0.3) is 0 Å². The first-order chi connectivity index (χ1) is 6.39. The number of rotatable bonds is 3. The smallest absolute Gasteiger partial charge is 0.257 e. The van der Waals surface area contributed by atoms with Gasteiger partial charge in [-0.15, -0.1) is 0 Å². The third kappa shape index (κ3) is 2.83. The first-order valence-electron chi connectivity index (χ1n) is 4.34. The summed E-state index contributed by atoms with van der Waals surface area (Å²) in [5.41, 5.74) is -0.979. The van der Waals surface area contributed by atoms with Gasteiger partial charge < -0.3 is 5.32 Å². The van der Waals surface area contributed by atoms with Crippen molar-refractivity contribution in [2.24, 2.45) is 7.05 Å². The van der Waals surface area contributed by atoms with Crippen molar-refractivity contribution in [2.45, 2.75) is 26.1 Å². The second-order valence-electron chi connectivity index (χ2n) is 3.68. The van der Waals surface area contributed by atoms with Crippen molar-refractivity contribution >= 4 is 5.91 Å². The molecule has 0 aliphatic rings. The molecular weight excluding hydrogens is 185 g/mol. The van der Waals surface area contributed by atoms with Gasteiger partial charge >= 0.3 is 0 Å². The lowest BCUT2D eigenvalue weighted by Gasteiger charge is -2.13. The van der Waals surface area contributed by atoms with Gasteiger partial charge in [-0.1, -0.05) is 0 Å². The van der Waals surface area contributed by atoms with Crippen molar-refractivity contribution in [3.63, 3.8) is 0 Å². The Balaban J connectivity index is 2.46. The van der Waals surface area contributed by atoms with Gasteiger partial charge in [0.05, 0.1) is 6.20 Å². The lowest BCUT2D eigenvalue weighted by atomic mass is 10.1. The van der Waals surface area contributed by atoms with E-state index in [2.05, 4.69) is 10.4 Å². The zero-order valence-corrected chi connectivity index (χ0v) is 8.54. The van der Waals surface area contributed by atoms with Crippen LogP contribution in [-0.2, 0) is 18.4 Å². The maximum absolute atomic E-state index is 13.1. The van der Waals surface area contributed by atoms with E-state index in [1.165, 1.54) is 13.8 Å². The van der Waals surface area contributed by atoms with E-state index in [-0.39, 0.29) is 0 Å². The van der Waals surface area contributed by atoms with E-state index in [0.717, 1.165) is 5.56 Å². The van der Waals surface area contributed by atoms with Crippen molar-refractivity contribution < 1.29 is 9.18 Å². The number of aromatic nitrogens is 2. The topological polar surface area (TPSA) is 46.9 Å². The molecule has 0 atom stereocenters. The third-order valence-electron chi connectivity index (χ3n) is 1.75. The van der Waals surface area contributed by atoms with Crippen LogP contribution in [0.4, 0.5) is 4.39 Å². The zero-order chi connectivity index (χ0) is 10.8. The Morgan fingerprint density at radius 3 is 2.79 bits per heavy atom.